The number of hydrogen-bond acceptors (Lipinski definition) is 3. The average molecular weight is 411 g/mol. The molecule has 0 heterocycles. The second kappa shape index (κ2) is 7.49. The first kappa shape index (κ1) is 16.6. The molecule has 1 atom stereocenters. The van der Waals surface area contributed by atoms with Crippen molar-refractivity contribution in [2.75, 3.05) is 14.2 Å². The summed E-state index contributed by atoms with van der Waals surface area (Å²) >= 11 is 2.16. The van der Waals surface area contributed by atoms with E-state index >= 15 is 0 Å². The lowest BCUT2D eigenvalue weighted by Crippen LogP contribution is -2.27. The van der Waals surface area contributed by atoms with E-state index in [-0.39, 0.29) is 11.9 Å². The summed E-state index contributed by atoms with van der Waals surface area (Å²) in [6, 6.07) is 12.8. The van der Waals surface area contributed by atoms with Crippen LogP contribution in [0.5, 0.6) is 11.5 Å². The highest BCUT2D eigenvalue weighted by Crippen LogP contribution is 2.29. The van der Waals surface area contributed by atoms with Crippen LogP contribution in [-0.2, 0) is 0 Å². The molecule has 0 spiro atoms. The Morgan fingerprint density at radius 1 is 1.14 bits per heavy atom. The first-order valence-corrected chi connectivity index (χ1v) is 7.92. The molecule has 2 aromatic carbocycles. The van der Waals surface area contributed by atoms with Crippen LogP contribution < -0.4 is 14.8 Å². The fraction of sp³-hybridized carbons (Fsp3) is 0.235. The van der Waals surface area contributed by atoms with Crippen LogP contribution in [0.25, 0.3) is 0 Å². The highest BCUT2D eigenvalue weighted by molar-refractivity contribution is 14.1. The fourth-order valence-corrected chi connectivity index (χ4v) is 2.81. The van der Waals surface area contributed by atoms with Crippen LogP contribution in [0.1, 0.15) is 28.9 Å². The summed E-state index contributed by atoms with van der Waals surface area (Å²) in [6.45, 7) is 1.92. The number of halogens is 1. The molecule has 1 amide bonds. The van der Waals surface area contributed by atoms with Crippen molar-refractivity contribution in [3.05, 3.63) is 57.2 Å². The molecule has 2 aromatic rings. The second-order valence-electron chi connectivity index (χ2n) is 4.78. The summed E-state index contributed by atoms with van der Waals surface area (Å²) in [4.78, 5) is 12.4. The number of amides is 1. The van der Waals surface area contributed by atoms with E-state index in [0.717, 1.165) is 20.6 Å². The number of methoxy groups -OCH3 is 2. The van der Waals surface area contributed by atoms with E-state index < -0.39 is 0 Å². The molecule has 0 saturated carbocycles. The lowest BCUT2D eigenvalue weighted by Gasteiger charge is -2.18. The van der Waals surface area contributed by atoms with Gasteiger partial charge in [0.2, 0.25) is 0 Å². The van der Waals surface area contributed by atoms with Crippen molar-refractivity contribution in [1.82, 2.24) is 5.32 Å². The second-order valence-corrected chi connectivity index (χ2v) is 5.95. The highest BCUT2D eigenvalue weighted by atomic mass is 127. The first-order valence-electron chi connectivity index (χ1n) is 6.84. The van der Waals surface area contributed by atoms with E-state index in [4.69, 9.17) is 9.47 Å². The minimum Gasteiger partial charge on any atom is -0.497 e. The molecule has 0 fully saturated rings. The quantitative estimate of drug-likeness (QED) is 0.762. The van der Waals surface area contributed by atoms with Gasteiger partial charge in [-0.1, -0.05) is 12.1 Å². The van der Waals surface area contributed by atoms with Crippen molar-refractivity contribution in [1.29, 1.82) is 0 Å². The molecule has 1 N–H and O–H groups in total. The third kappa shape index (κ3) is 3.71. The van der Waals surface area contributed by atoms with Crippen molar-refractivity contribution < 1.29 is 14.3 Å². The third-order valence-corrected chi connectivity index (χ3v) is 4.31. The van der Waals surface area contributed by atoms with Gasteiger partial charge in [0.05, 0.1) is 25.8 Å². The smallest absolute Gasteiger partial charge is 0.252 e. The largest absolute Gasteiger partial charge is 0.497 e. The summed E-state index contributed by atoms with van der Waals surface area (Å²) in [5.74, 6) is 1.34. The standard InChI is InChI=1S/C17H18INO3/c1-11(14-10-12(21-2)8-9-16(14)22-3)19-17(20)13-6-4-5-7-15(13)18/h4-11H,1-3H3,(H,19,20)/t11-/m1/s1. The van der Waals surface area contributed by atoms with Gasteiger partial charge in [0.1, 0.15) is 11.5 Å². The van der Waals surface area contributed by atoms with Crippen LogP contribution in [0.3, 0.4) is 0 Å². The van der Waals surface area contributed by atoms with E-state index in [1.807, 2.05) is 49.4 Å². The van der Waals surface area contributed by atoms with E-state index in [2.05, 4.69) is 27.9 Å². The first-order chi connectivity index (χ1) is 10.6. The highest BCUT2D eigenvalue weighted by Gasteiger charge is 2.17. The number of nitrogens with one attached hydrogen (secondary N) is 1. The van der Waals surface area contributed by atoms with Gasteiger partial charge < -0.3 is 14.8 Å². The fourth-order valence-electron chi connectivity index (χ4n) is 2.18. The van der Waals surface area contributed by atoms with Gasteiger partial charge in [0.15, 0.2) is 0 Å². The monoisotopic (exact) mass is 411 g/mol. The number of benzene rings is 2. The molecular formula is C17H18INO3. The van der Waals surface area contributed by atoms with Gasteiger partial charge in [-0.05, 0) is 59.8 Å². The minimum atomic E-state index is -0.200. The molecule has 0 aliphatic heterocycles. The Morgan fingerprint density at radius 3 is 2.50 bits per heavy atom. The van der Waals surface area contributed by atoms with E-state index in [9.17, 15) is 4.79 Å². The normalized spacial score (nSPS) is 11.6. The van der Waals surface area contributed by atoms with Crippen LogP contribution in [-0.4, -0.2) is 20.1 Å². The minimum absolute atomic E-state index is 0.109. The summed E-state index contributed by atoms with van der Waals surface area (Å²) < 4.78 is 11.5. The predicted molar refractivity (Wildman–Crippen MR) is 94.6 cm³/mol. The molecule has 0 aliphatic carbocycles. The maximum absolute atomic E-state index is 12.4. The Morgan fingerprint density at radius 2 is 1.86 bits per heavy atom. The summed E-state index contributed by atoms with van der Waals surface area (Å²) in [6.07, 6.45) is 0. The predicted octanol–water partition coefficient (Wildman–Crippen LogP) is 3.80. The van der Waals surface area contributed by atoms with Crippen LogP contribution in [0.2, 0.25) is 0 Å². The topological polar surface area (TPSA) is 47.6 Å². The van der Waals surface area contributed by atoms with Crippen molar-refractivity contribution >= 4 is 28.5 Å². The van der Waals surface area contributed by atoms with E-state index in [1.165, 1.54) is 0 Å². The molecule has 0 unspecified atom stereocenters. The molecular weight excluding hydrogens is 393 g/mol. The van der Waals surface area contributed by atoms with Gasteiger partial charge in [-0.3, -0.25) is 4.79 Å². The van der Waals surface area contributed by atoms with Gasteiger partial charge in [0, 0.05) is 9.13 Å². The zero-order chi connectivity index (χ0) is 16.1. The Labute approximate surface area is 144 Å². The number of hydrogen-bond donors (Lipinski definition) is 1. The lowest BCUT2D eigenvalue weighted by molar-refractivity contribution is 0.0938. The van der Waals surface area contributed by atoms with Crippen molar-refractivity contribution in [2.45, 2.75) is 13.0 Å². The SMILES string of the molecule is COc1ccc(OC)c([C@@H](C)NC(=O)c2ccccc2I)c1. The Kier molecular flexibility index (Phi) is 5.65. The van der Waals surface area contributed by atoms with Crippen molar-refractivity contribution in [2.24, 2.45) is 0 Å². The molecule has 0 saturated heterocycles. The van der Waals surface area contributed by atoms with Gasteiger partial charge in [-0.2, -0.15) is 0 Å². The summed E-state index contributed by atoms with van der Waals surface area (Å²) in [5, 5.41) is 3.00. The Balaban J connectivity index is 2.23. The lowest BCUT2D eigenvalue weighted by atomic mass is 10.1. The number of rotatable bonds is 5. The summed E-state index contributed by atoms with van der Waals surface area (Å²) in [7, 11) is 3.22. The average Bonchev–Trinajstić information content (AvgIpc) is 2.54. The van der Waals surface area contributed by atoms with Crippen molar-refractivity contribution in [3.8, 4) is 11.5 Å². The zero-order valence-corrected chi connectivity index (χ0v) is 14.9. The molecule has 22 heavy (non-hydrogen) atoms. The number of carbonyl (C=O) groups excluding carboxylic acids is 1. The van der Waals surface area contributed by atoms with Crippen LogP contribution in [0.4, 0.5) is 0 Å². The third-order valence-electron chi connectivity index (χ3n) is 3.37. The van der Waals surface area contributed by atoms with Crippen molar-refractivity contribution in [3.63, 3.8) is 0 Å². The van der Waals surface area contributed by atoms with Gasteiger partial charge in [-0.25, -0.2) is 0 Å². The van der Waals surface area contributed by atoms with Gasteiger partial charge in [0.25, 0.3) is 5.91 Å². The van der Waals surface area contributed by atoms with Crippen LogP contribution in [0.15, 0.2) is 42.5 Å². The molecule has 5 heteroatoms. The van der Waals surface area contributed by atoms with Gasteiger partial charge >= 0.3 is 0 Å². The molecule has 4 nitrogen and oxygen atoms in total. The molecule has 0 aromatic heterocycles. The zero-order valence-electron chi connectivity index (χ0n) is 12.7. The molecule has 0 radical (unpaired) electrons. The Hall–Kier alpha value is -1.76. The van der Waals surface area contributed by atoms with Crippen LogP contribution in [0, 0.1) is 3.57 Å². The molecule has 0 bridgehead atoms. The maximum Gasteiger partial charge on any atom is 0.252 e. The number of ether oxygens (including phenoxy) is 2. The Bertz CT molecular complexity index is 673. The molecule has 116 valence electrons. The van der Waals surface area contributed by atoms with E-state index in [1.54, 1.807) is 14.2 Å². The molecule has 2 rings (SSSR count). The maximum atomic E-state index is 12.4. The summed E-state index contributed by atoms with van der Waals surface area (Å²) in [5.41, 5.74) is 1.54. The number of carbonyl (C=O) groups is 1. The van der Waals surface area contributed by atoms with E-state index in [0.29, 0.717) is 5.56 Å². The molecule has 0 aliphatic rings. The van der Waals surface area contributed by atoms with Gasteiger partial charge in [-0.15, -0.1) is 0 Å². The van der Waals surface area contributed by atoms with Crippen LogP contribution >= 0.6 is 22.6 Å².